The molecule has 0 aromatic carbocycles. The molecule has 2 aliphatic heterocycles. The van der Waals surface area contributed by atoms with Crippen LogP contribution in [-0.2, 0) is 9.53 Å². The first-order valence-electron chi connectivity index (χ1n) is 10.3. The highest BCUT2D eigenvalue weighted by molar-refractivity contribution is 14.0. The van der Waals surface area contributed by atoms with Crippen LogP contribution in [0.25, 0.3) is 0 Å². The average molecular weight is 493 g/mol. The molecule has 0 radical (unpaired) electrons. The Labute approximate surface area is 180 Å². The second-order valence-corrected chi connectivity index (χ2v) is 7.71. The molecule has 27 heavy (non-hydrogen) atoms. The highest BCUT2D eigenvalue weighted by Crippen LogP contribution is 2.21. The van der Waals surface area contributed by atoms with Gasteiger partial charge in [0, 0.05) is 59.0 Å². The van der Waals surface area contributed by atoms with Crippen LogP contribution in [0, 0.1) is 0 Å². The maximum absolute atomic E-state index is 12.5. The number of likely N-dealkylation sites (N-methyl/N-ethyl adjacent to an activating group) is 1. The van der Waals surface area contributed by atoms with Gasteiger partial charge in [-0.3, -0.25) is 9.79 Å². The van der Waals surface area contributed by atoms with Gasteiger partial charge in [-0.2, -0.15) is 0 Å². The van der Waals surface area contributed by atoms with E-state index >= 15 is 0 Å². The van der Waals surface area contributed by atoms with Gasteiger partial charge in [0.2, 0.25) is 0 Å². The van der Waals surface area contributed by atoms with E-state index in [9.17, 15) is 4.79 Å². The van der Waals surface area contributed by atoms with E-state index in [4.69, 9.17) is 4.74 Å². The van der Waals surface area contributed by atoms with Gasteiger partial charge in [-0.25, -0.2) is 0 Å². The van der Waals surface area contributed by atoms with Gasteiger partial charge in [-0.15, -0.1) is 24.0 Å². The third kappa shape index (κ3) is 6.19. The van der Waals surface area contributed by atoms with Crippen molar-refractivity contribution in [3.05, 3.63) is 0 Å². The molecular formula is C19H36IN5O2. The minimum absolute atomic E-state index is 0. The van der Waals surface area contributed by atoms with Gasteiger partial charge < -0.3 is 24.8 Å². The van der Waals surface area contributed by atoms with E-state index < -0.39 is 0 Å². The molecule has 1 atom stereocenters. The third-order valence-electron chi connectivity index (χ3n) is 6.00. The Bertz CT molecular complexity index is 484. The number of halogens is 1. The van der Waals surface area contributed by atoms with Crippen LogP contribution in [-0.4, -0.2) is 98.7 Å². The van der Waals surface area contributed by atoms with Crippen molar-refractivity contribution in [2.24, 2.45) is 4.99 Å². The maximum Gasteiger partial charge on any atom is 0.251 e. The molecule has 1 unspecified atom stereocenters. The largest absolute Gasteiger partial charge is 0.368 e. The van der Waals surface area contributed by atoms with E-state index in [0.29, 0.717) is 0 Å². The molecule has 156 valence electrons. The van der Waals surface area contributed by atoms with Gasteiger partial charge >= 0.3 is 0 Å². The van der Waals surface area contributed by atoms with Gasteiger partial charge in [-0.1, -0.05) is 12.8 Å². The summed E-state index contributed by atoms with van der Waals surface area (Å²) in [7, 11) is 4.07. The summed E-state index contributed by atoms with van der Waals surface area (Å²) in [6.45, 7) is 5.84. The zero-order valence-corrected chi connectivity index (χ0v) is 19.2. The van der Waals surface area contributed by atoms with Crippen molar-refractivity contribution in [3.63, 3.8) is 0 Å². The van der Waals surface area contributed by atoms with E-state index in [1.807, 2.05) is 11.9 Å². The Morgan fingerprint density at radius 1 is 1.11 bits per heavy atom. The fraction of sp³-hybridized carbons (Fsp3) is 0.895. The quantitative estimate of drug-likeness (QED) is 0.356. The van der Waals surface area contributed by atoms with Crippen molar-refractivity contribution in [1.29, 1.82) is 0 Å². The second kappa shape index (κ2) is 11.4. The number of nitrogens with zero attached hydrogens (tertiary/aromatic N) is 4. The summed E-state index contributed by atoms with van der Waals surface area (Å²) in [6, 6.07) is 0.756. The van der Waals surface area contributed by atoms with Crippen molar-refractivity contribution >= 4 is 35.8 Å². The predicted octanol–water partition coefficient (Wildman–Crippen LogP) is 1.38. The molecule has 2 saturated heterocycles. The smallest absolute Gasteiger partial charge is 0.251 e. The number of aliphatic imine (C=N–C) groups is 1. The fourth-order valence-corrected chi connectivity index (χ4v) is 4.32. The lowest BCUT2D eigenvalue weighted by atomic mass is 10.2. The first kappa shape index (κ1) is 22.7. The first-order chi connectivity index (χ1) is 12.7. The highest BCUT2D eigenvalue weighted by Gasteiger charge is 2.30. The van der Waals surface area contributed by atoms with Crippen molar-refractivity contribution in [2.45, 2.75) is 50.7 Å². The van der Waals surface area contributed by atoms with Crippen LogP contribution in [0.3, 0.4) is 0 Å². The van der Waals surface area contributed by atoms with Gasteiger partial charge in [0.15, 0.2) is 5.96 Å². The zero-order chi connectivity index (χ0) is 18.4. The second-order valence-electron chi connectivity index (χ2n) is 7.71. The van der Waals surface area contributed by atoms with Crippen LogP contribution in [0.2, 0.25) is 0 Å². The summed E-state index contributed by atoms with van der Waals surface area (Å²) in [6.07, 6.45) is 7.10. The molecular weight excluding hydrogens is 457 g/mol. The molecule has 0 spiro atoms. The number of piperazine rings is 1. The molecule has 0 bridgehead atoms. The molecule has 3 fully saturated rings. The Balaban J connectivity index is 0.00000261. The SMILES string of the molecule is CN=C(NCCN(C)C1CCCC1)N1CCN(C(=O)C2CCCO2)CC1.I. The summed E-state index contributed by atoms with van der Waals surface area (Å²) in [5, 5.41) is 3.50. The van der Waals surface area contributed by atoms with E-state index in [-0.39, 0.29) is 36.0 Å². The van der Waals surface area contributed by atoms with Crippen LogP contribution < -0.4 is 5.32 Å². The minimum Gasteiger partial charge on any atom is -0.368 e. The van der Waals surface area contributed by atoms with Crippen molar-refractivity contribution in [2.75, 3.05) is 60.0 Å². The normalized spacial score (nSPS) is 24.4. The van der Waals surface area contributed by atoms with Crippen LogP contribution in [0.1, 0.15) is 38.5 Å². The molecule has 7 nitrogen and oxygen atoms in total. The zero-order valence-electron chi connectivity index (χ0n) is 16.9. The standard InChI is InChI=1S/C19H35N5O2.HI/c1-20-19(21-9-10-22(2)16-6-3-4-7-16)24-13-11-23(12-14-24)18(25)17-8-5-15-26-17;/h16-17H,3-15H2,1-2H3,(H,20,21);1H. The van der Waals surface area contributed by atoms with Gasteiger partial charge in [0.05, 0.1) is 0 Å². The van der Waals surface area contributed by atoms with Gasteiger partial charge in [0.1, 0.15) is 6.10 Å². The number of ether oxygens (including phenoxy) is 1. The Hall–Kier alpha value is -0.610. The Morgan fingerprint density at radius 2 is 1.78 bits per heavy atom. The molecule has 1 amide bonds. The number of carbonyl (C=O) groups excluding carboxylic acids is 1. The minimum atomic E-state index is -0.204. The van der Waals surface area contributed by atoms with E-state index in [2.05, 4.69) is 27.2 Å². The third-order valence-corrected chi connectivity index (χ3v) is 6.00. The monoisotopic (exact) mass is 493 g/mol. The molecule has 0 aromatic heterocycles. The van der Waals surface area contributed by atoms with E-state index in [1.165, 1.54) is 25.7 Å². The van der Waals surface area contributed by atoms with E-state index in [0.717, 1.165) is 70.7 Å². The van der Waals surface area contributed by atoms with Crippen LogP contribution >= 0.6 is 24.0 Å². The van der Waals surface area contributed by atoms with Crippen molar-refractivity contribution in [3.8, 4) is 0 Å². The summed E-state index contributed by atoms with van der Waals surface area (Å²) in [5.41, 5.74) is 0. The van der Waals surface area contributed by atoms with Crippen LogP contribution in [0.4, 0.5) is 0 Å². The van der Waals surface area contributed by atoms with Crippen LogP contribution in [0.15, 0.2) is 4.99 Å². The lowest BCUT2D eigenvalue weighted by molar-refractivity contribution is -0.142. The van der Waals surface area contributed by atoms with Gasteiger partial charge in [0.25, 0.3) is 5.91 Å². The summed E-state index contributed by atoms with van der Waals surface area (Å²) in [5.74, 6) is 1.12. The number of rotatable bonds is 5. The fourth-order valence-electron chi connectivity index (χ4n) is 4.32. The number of hydrogen-bond donors (Lipinski definition) is 1. The maximum atomic E-state index is 12.5. The number of hydrogen-bond acceptors (Lipinski definition) is 4. The van der Waals surface area contributed by atoms with Gasteiger partial charge in [-0.05, 0) is 32.7 Å². The lowest BCUT2D eigenvalue weighted by Gasteiger charge is -2.37. The molecule has 3 aliphatic rings. The number of carbonyl (C=O) groups is 1. The van der Waals surface area contributed by atoms with Crippen LogP contribution in [0.5, 0.6) is 0 Å². The van der Waals surface area contributed by atoms with E-state index in [1.54, 1.807) is 0 Å². The molecule has 1 saturated carbocycles. The summed E-state index contributed by atoms with van der Waals surface area (Å²) in [4.78, 5) is 23.6. The average Bonchev–Trinajstić information content (AvgIpc) is 3.39. The lowest BCUT2D eigenvalue weighted by Crippen LogP contribution is -2.55. The summed E-state index contributed by atoms with van der Waals surface area (Å²) >= 11 is 0. The predicted molar refractivity (Wildman–Crippen MR) is 119 cm³/mol. The Morgan fingerprint density at radius 3 is 2.37 bits per heavy atom. The molecule has 2 heterocycles. The molecule has 8 heteroatoms. The summed E-state index contributed by atoms with van der Waals surface area (Å²) < 4.78 is 5.54. The number of guanidine groups is 1. The topological polar surface area (TPSA) is 60.4 Å². The number of amides is 1. The molecule has 1 N–H and O–H groups in total. The highest BCUT2D eigenvalue weighted by atomic mass is 127. The first-order valence-corrected chi connectivity index (χ1v) is 10.3. The Kier molecular flexibility index (Phi) is 9.58. The number of nitrogens with one attached hydrogen (secondary N) is 1. The molecule has 0 aromatic rings. The molecule has 3 rings (SSSR count). The van der Waals surface area contributed by atoms with Crippen molar-refractivity contribution in [1.82, 2.24) is 20.0 Å². The molecule has 1 aliphatic carbocycles. The van der Waals surface area contributed by atoms with Crippen molar-refractivity contribution < 1.29 is 9.53 Å².